The minimum Gasteiger partial charge on any atom is -0.489 e. The molecule has 1 aromatic heterocycles. The van der Waals surface area contributed by atoms with Crippen molar-refractivity contribution in [2.24, 2.45) is 22.7 Å². The average Bonchev–Trinajstić information content (AvgIpc) is 3.00. The molecule has 1 saturated carbocycles. The number of carbonyl (C=O) groups excluding carboxylic acids is 1. The van der Waals surface area contributed by atoms with E-state index in [0.29, 0.717) is 28.3 Å². The highest BCUT2D eigenvalue weighted by atomic mass is 79.9. The minimum atomic E-state index is -0.347. The molecule has 31 heavy (non-hydrogen) atoms. The zero-order valence-electron chi connectivity index (χ0n) is 17.8. The van der Waals surface area contributed by atoms with Gasteiger partial charge in [0.25, 0.3) is 0 Å². The number of halogens is 2. The fourth-order valence-corrected chi connectivity index (χ4v) is 5.78. The summed E-state index contributed by atoms with van der Waals surface area (Å²) in [7, 11) is 0. The fraction of sp³-hybridized carbons (Fsp3) is 0.400. The Hall–Kier alpha value is -2.34. The molecular weight excluding hydrogens is 476 g/mol. The van der Waals surface area contributed by atoms with E-state index >= 15 is 0 Å². The number of Topliss-reactive ketones (excluding diaryl/α,β-unsaturated/α-hetero) is 1. The van der Waals surface area contributed by atoms with Crippen LogP contribution in [0.5, 0.6) is 5.75 Å². The van der Waals surface area contributed by atoms with E-state index in [1.807, 2.05) is 6.07 Å². The third-order valence-electron chi connectivity index (χ3n) is 6.48. The van der Waals surface area contributed by atoms with Crippen molar-refractivity contribution in [2.75, 3.05) is 0 Å². The number of aromatic nitrogens is 1. The van der Waals surface area contributed by atoms with Crippen LogP contribution in [0.15, 0.2) is 34.9 Å². The molecule has 4 nitrogen and oxygen atoms in total. The third-order valence-corrected chi connectivity index (χ3v) is 7.23. The molecule has 158 valence electrons. The van der Waals surface area contributed by atoms with E-state index in [4.69, 9.17) is 21.6 Å². The van der Waals surface area contributed by atoms with Gasteiger partial charge in [0.15, 0.2) is 5.78 Å². The Kier molecular flexibility index (Phi) is 5.41. The van der Waals surface area contributed by atoms with Crippen molar-refractivity contribution in [2.45, 2.75) is 40.2 Å². The molecule has 0 saturated heterocycles. The predicted molar refractivity (Wildman–Crippen MR) is 123 cm³/mol. The lowest BCUT2D eigenvalue weighted by molar-refractivity contribution is -0.172. The summed E-state index contributed by atoms with van der Waals surface area (Å²) in [6.45, 7) is 8.55. The van der Waals surface area contributed by atoms with Crippen LogP contribution < -0.4 is 4.74 Å². The number of hydrogen-bond donors (Lipinski definition) is 0. The molecule has 0 aliphatic heterocycles. The van der Waals surface area contributed by atoms with Crippen LogP contribution in [0, 0.1) is 45.8 Å². The van der Waals surface area contributed by atoms with Crippen LogP contribution in [-0.2, 0) is 6.42 Å². The molecule has 4 rings (SSSR count). The molecule has 1 heterocycles. The van der Waals surface area contributed by atoms with E-state index in [1.165, 1.54) is 0 Å². The van der Waals surface area contributed by atoms with E-state index in [2.05, 4.69) is 66.5 Å². The van der Waals surface area contributed by atoms with Crippen molar-refractivity contribution >= 4 is 33.3 Å². The summed E-state index contributed by atoms with van der Waals surface area (Å²) >= 11 is 9.53. The van der Waals surface area contributed by atoms with Gasteiger partial charge in [0.05, 0.1) is 22.2 Å². The van der Waals surface area contributed by atoms with Crippen LogP contribution in [0.1, 0.15) is 49.3 Å². The van der Waals surface area contributed by atoms with E-state index in [1.54, 1.807) is 24.3 Å². The third kappa shape index (κ3) is 3.65. The Labute approximate surface area is 196 Å². The molecule has 0 bridgehead atoms. The smallest absolute Gasteiger partial charge is 0.180 e. The summed E-state index contributed by atoms with van der Waals surface area (Å²) in [5, 5.41) is 9.45. The van der Waals surface area contributed by atoms with E-state index < -0.39 is 0 Å². The largest absolute Gasteiger partial charge is 0.489 e. The van der Waals surface area contributed by atoms with Crippen LogP contribution in [-0.4, -0.2) is 16.9 Å². The highest BCUT2D eigenvalue weighted by molar-refractivity contribution is 9.10. The Bertz CT molecular complexity index is 1170. The second-order valence-electron chi connectivity index (χ2n) is 9.36. The average molecular weight is 498 g/mol. The second-order valence-corrected chi connectivity index (χ2v) is 10.6. The lowest BCUT2D eigenvalue weighted by Gasteiger charge is -2.61. The Morgan fingerprint density at radius 1 is 1.16 bits per heavy atom. The maximum Gasteiger partial charge on any atom is 0.180 e. The lowest BCUT2D eigenvalue weighted by atomic mass is 9.46. The van der Waals surface area contributed by atoms with Gasteiger partial charge in [-0.3, -0.25) is 4.79 Å². The molecule has 0 N–H and O–H groups in total. The first-order valence-electron chi connectivity index (χ1n) is 10.1. The zero-order valence-corrected chi connectivity index (χ0v) is 20.1. The first-order chi connectivity index (χ1) is 14.6. The van der Waals surface area contributed by atoms with E-state index in [9.17, 15) is 4.79 Å². The predicted octanol–water partition coefficient (Wildman–Crippen LogP) is 5.86. The molecule has 1 fully saturated rings. The molecule has 2 aromatic rings. The SMILES string of the molecule is CC1(C)[C@H](C#CC2Cc3nc(Br)ccc3C2=O)C(C)(C)[C@H]1Oc1ccc(C#N)c(Cl)c1. The van der Waals surface area contributed by atoms with E-state index in [-0.39, 0.29) is 34.6 Å². The van der Waals surface area contributed by atoms with Gasteiger partial charge in [0.1, 0.15) is 22.5 Å². The topological polar surface area (TPSA) is 63.0 Å². The van der Waals surface area contributed by atoms with Crippen LogP contribution >= 0.6 is 27.5 Å². The highest BCUT2D eigenvalue weighted by Crippen LogP contribution is 2.60. The molecule has 0 spiro atoms. The number of pyridine rings is 1. The summed E-state index contributed by atoms with van der Waals surface area (Å²) < 4.78 is 7.04. The van der Waals surface area contributed by atoms with Gasteiger partial charge in [0, 0.05) is 34.8 Å². The van der Waals surface area contributed by atoms with Gasteiger partial charge in [-0.2, -0.15) is 5.26 Å². The van der Waals surface area contributed by atoms with Crippen molar-refractivity contribution in [1.29, 1.82) is 5.26 Å². The minimum absolute atomic E-state index is 0.0532. The molecule has 1 unspecified atom stereocenters. The molecule has 6 heteroatoms. The Balaban J connectivity index is 1.53. The number of benzene rings is 1. The van der Waals surface area contributed by atoms with Crippen molar-refractivity contribution in [3.63, 3.8) is 0 Å². The fourth-order valence-electron chi connectivity index (χ4n) is 5.22. The quantitative estimate of drug-likeness (QED) is 0.385. The van der Waals surface area contributed by atoms with Gasteiger partial charge < -0.3 is 4.74 Å². The first-order valence-corrected chi connectivity index (χ1v) is 11.3. The Morgan fingerprint density at radius 2 is 1.87 bits per heavy atom. The van der Waals surface area contributed by atoms with Gasteiger partial charge in [-0.15, -0.1) is 0 Å². The summed E-state index contributed by atoms with van der Waals surface area (Å²) in [5.74, 6) is 7.07. The number of rotatable bonds is 2. The molecule has 1 atom stereocenters. The second kappa shape index (κ2) is 7.66. The number of nitriles is 1. The van der Waals surface area contributed by atoms with Gasteiger partial charge in [0.2, 0.25) is 0 Å². The highest BCUT2D eigenvalue weighted by Gasteiger charge is 2.63. The standard InChI is InChI=1S/C25H22BrClN2O2/c1-24(2)20(9-6-14-11-19-17(22(14)30)8-10-21(26)29-19)25(3,4)23(24)31-16-7-5-15(13-28)18(27)12-16/h5,7-8,10,12,14,20,23H,11H2,1-4H3/t14?,20-,23-. The van der Waals surface area contributed by atoms with Gasteiger partial charge in [-0.05, 0) is 40.2 Å². The number of hydrogen-bond acceptors (Lipinski definition) is 4. The summed E-state index contributed by atoms with van der Waals surface area (Å²) in [4.78, 5) is 17.1. The Morgan fingerprint density at radius 3 is 2.52 bits per heavy atom. The molecule has 0 radical (unpaired) electrons. The normalized spacial score (nSPS) is 24.9. The maximum atomic E-state index is 12.7. The van der Waals surface area contributed by atoms with Gasteiger partial charge in [-0.25, -0.2) is 4.98 Å². The molecule has 0 amide bonds. The monoisotopic (exact) mass is 496 g/mol. The van der Waals surface area contributed by atoms with Crippen LogP contribution in [0.4, 0.5) is 0 Å². The van der Waals surface area contributed by atoms with Crippen LogP contribution in [0.3, 0.4) is 0 Å². The van der Waals surface area contributed by atoms with Crippen molar-refractivity contribution in [3.05, 3.63) is 56.8 Å². The van der Waals surface area contributed by atoms with Crippen molar-refractivity contribution in [1.82, 2.24) is 4.98 Å². The summed E-state index contributed by atoms with van der Waals surface area (Å²) in [6.07, 6.45) is 0.468. The summed E-state index contributed by atoms with van der Waals surface area (Å²) in [6, 6.07) is 10.8. The maximum absolute atomic E-state index is 12.7. The molecular formula is C25H22BrClN2O2. The molecule has 1 aromatic carbocycles. The van der Waals surface area contributed by atoms with Crippen molar-refractivity contribution < 1.29 is 9.53 Å². The van der Waals surface area contributed by atoms with Gasteiger partial charge >= 0.3 is 0 Å². The van der Waals surface area contributed by atoms with E-state index in [0.717, 1.165) is 10.3 Å². The number of fused-ring (bicyclic) bond motifs is 1. The lowest BCUT2D eigenvalue weighted by Crippen LogP contribution is -2.65. The number of ketones is 1. The van der Waals surface area contributed by atoms with Gasteiger partial charge in [-0.1, -0.05) is 51.1 Å². The summed E-state index contributed by atoms with van der Waals surface area (Å²) in [5.41, 5.74) is 1.48. The molecule has 2 aliphatic carbocycles. The van der Waals surface area contributed by atoms with Crippen molar-refractivity contribution in [3.8, 4) is 23.7 Å². The van der Waals surface area contributed by atoms with Crippen LogP contribution in [0.25, 0.3) is 0 Å². The number of nitrogens with zero attached hydrogens (tertiary/aromatic N) is 2. The first kappa shape index (κ1) is 21.9. The number of ether oxygens (including phenoxy) is 1. The number of carbonyl (C=O) groups is 1. The zero-order chi connectivity index (χ0) is 22.6. The molecule has 2 aliphatic rings. The van der Waals surface area contributed by atoms with Crippen LogP contribution in [0.2, 0.25) is 5.02 Å².